The summed E-state index contributed by atoms with van der Waals surface area (Å²) in [5, 5.41) is 3.16. The van der Waals surface area contributed by atoms with Crippen molar-refractivity contribution in [3.63, 3.8) is 0 Å². The van der Waals surface area contributed by atoms with Crippen LogP contribution in [0.2, 0.25) is 0 Å². The number of likely N-dealkylation sites (N-methyl/N-ethyl adjacent to an activating group) is 1. The van der Waals surface area contributed by atoms with Gasteiger partial charge >= 0.3 is 0 Å². The van der Waals surface area contributed by atoms with E-state index in [-0.39, 0.29) is 5.91 Å². The normalized spacial score (nSPS) is 14.0. The largest absolute Gasteiger partial charge is 0.494 e. The summed E-state index contributed by atoms with van der Waals surface area (Å²) in [5.74, 6) is 1.03. The Kier molecular flexibility index (Phi) is 4.66. The lowest BCUT2D eigenvalue weighted by molar-refractivity contribution is -0.129. The van der Waals surface area contributed by atoms with Crippen LogP contribution in [0.15, 0.2) is 24.3 Å². The lowest BCUT2D eigenvalue weighted by Crippen LogP contribution is -2.37. The van der Waals surface area contributed by atoms with Crippen molar-refractivity contribution in [1.29, 1.82) is 0 Å². The van der Waals surface area contributed by atoms with Crippen LogP contribution in [-0.2, 0) is 4.79 Å². The Morgan fingerprint density at radius 1 is 1.32 bits per heavy atom. The maximum Gasteiger partial charge on any atom is 0.242 e. The fourth-order valence-electron chi connectivity index (χ4n) is 2.14. The van der Waals surface area contributed by atoms with Crippen LogP contribution in [0.1, 0.15) is 26.7 Å². The summed E-state index contributed by atoms with van der Waals surface area (Å²) in [6.07, 6.45) is 2.31. The molecule has 0 radical (unpaired) electrons. The van der Waals surface area contributed by atoms with Crippen LogP contribution >= 0.6 is 0 Å². The van der Waals surface area contributed by atoms with E-state index in [1.807, 2.05) is 43.0 Å². The predicted molar refractivity (Wildman–Crippen MR) is 76.5 cm³/mol. The molecule has 1 saturated carbocycles. The van der Waals surface area contributed by atoms with Crippen molar-refractivity contribution in [2.24, 2.45) is 0 Å². The summed E-state index contributed by atoms with van der Waals surface area (Å²) in [6.45, 7) is 5.82. The molecule has 0 spiro atoms. The molecule has 0 bridgehead atoms. The average Bonchev–Trinajstić information content (AvgIpc) is 3.24. The second-order valence-corrected chi connectivity index (χ2v) is 4.72. The van der Waals surface area contributed by atoms with Crippen molar-refractivity contribution in [3.05, 3.63) is 24.3 Å². The molecular weight excluding hydrogens is 240 g/mol. The van der Waals surface area contributed by atoms with Gasteiger partial charge in [-0.1, -0.05) is 0 Å². The highest BCUT2D eigenvalue weighted by Crippen LogP contribution is 2.26. The highest BCUT2D eigenvalue weighted by molar-refractivity contribution is 5.81. The van der Waals surface area contributed by atoms with Crippen LogP contribution in [-0.4, -0.2) is 36.5 Å². The quantitative estimate of drug-likeness (QED) is 0.821. The second kappa shape index (κ2) is 6.45. The molecule has 4 nitrogen and oxygen atoms in total. The van der Waals surface area contributed by atoms with Crippen LogP contribution in [0, 0.1) is 0 Å². The first-order valence-electron chi connectivity index (χ1n) is 7.00. The number of anilines is 1. The number of nitrogens with one attached hydrogen (secondary N) is 1. The first-order valence-corrected chi connectivity index (χ1v) is 7.00. The first-order chi connectivity index (χ1) is 9.24. The van der Waals surface area contributed by atoms with Crippen molar-refractivity contribution >= 4 is 11.6 Å². The van der Waals surface area contributed by atoms with Crippen LogP contribution in [0.3, 0.4) is 0 Å². The number of amides is 1. The van der Waals surface area contributed by atoms with Crippen molar-refractivity contribution in [2.75, 3.05) is 25.0 Å². The summed E-state index contributed by atoms with van der Waals surface area (Å²) >= 11 is 0. The number of carbonyl (C=O) groups excluding carboxylic acids is 1. The molecule has 4 heteroatoms. The zero-order valence-electron chi connectivity index (χ0n) is 11.7. The average molecular weight is 262 g/mol. The molecule has 1 aromatic rings. The topological polar surface area (TPSA) is 41.6 Å². The summed E-state index contributed by atoms with van der Waals surface area (Å²) in [5.41, 5.74) is 0.948. The van der Waals surface area contributed by atoms with Crippen molar-refractivity contribution in [3.8, 4) is 5.75 Å². The Hall–Kier alpha value is -1.71. The lowest BCUT2D eigenvalue weighted by atomic mass is 10.3. The Balaban J connectivity index is 1.82. The molecule has 1 amide bonds. The molecule has 1 fully saturated rings. The van der Waals surface area contributed by atoms with E-state index in [0.717, 1.165) is 30.8 Å². The highest BCUT2D eigenvalue weighted by Gasteiger charge is 2.30. The van der Waals surface area contributed by atoms with E-state index >= 15 is 0 Å². The maximum absolute atomic E-state index is 12.0. The number of rotatable bonds is 7. The lowest BCUT2D eigenvalue weighted by Gasteiger charge is -2.20. The Labute approximate surface area is 114 Å². The Morgan fingerprint density at radius 2 is 2.00 bits per heavy atom. The minimum Gasteiger partial charge on any atom is -0.494 e. The molecule has 1 aromatic carbocycles. The molecule has 0 atom stereocenters. The first kappa shape index (κ1) is 13.7. The molecule has 2 rings (SSSR count). The molecule has 0 aliphatic heterocycles. The third-order valence-electron chi connectivity index (χ3n) is 3.26. The molecule has 104 valence electrons. The molecule has 0 unspecified atom stereocenters. The molecule has 0 saturated heterocycles. The van der Waals surface area contributed by atoms with E-state index in [0.29, 0.717) is 19.2 Å². The molecule has 1 aliphatic rings. The highest BCUT2D eigenvalue weighted by atomic mass is 16.5. The molecule has 0 heterocycles. The van der Waals surface area contributed by atoms with Gasteiger partial charge in [-0.3, -0.25) is 4.79 Å². The Morgan fingerprint density at radius 3 is 2.53 bits per heavy atom. The van der Waals surface area contributed by atoms with Gasteiger partial charge in [0.15, 0.2) is 0 Å². The molecule has 1 N–H and O–H groups in total. The van der Waals surface area contributed by atoms with Crippen LogP contribution < -0.4 is 10.1 Å². The van der Waals surface area contributed by atoms with E-state index in [9.17, 15) is 4.79 Å². The third-order valence-corrected chi connectivity index (χ3v) is 3.26. The minimum atomic E-state index is 0.180. The molecular formula is C15H22N2O2. The van der Waals surface area contributed by atoms with Crippen molar-refractivity contribution in [1.82, 2.24) is 4.90 Å². The van der Waals surface area contributed by atoms with Gasteiger partial charge in [0.25, 0.3) is 0 Å². The number of carbonyl (C=O) groups is 1. The van der Waals surface area contributed by atoms with Gasteiger partial charge in [-0.05, 0) is 51.0 Å². The van der Waals surface area contributed by atoms with Crippen molar-refractivity contribution < 1.29 is 9.53 Å². The fraction of sp³-hybridized carbons (Fsp3) is 0.533. The van der Waals surface area contributed by atoms with Gasteiger partial charge in [-0.25, -0.2) is 0 Å². The SMILES string of the molecule is CCOc1ccc(NCC(=O)N(CC)C2CC2)cc1. The summed E-state index contributed by atoms with van der Waals surface area (Å²) < 4.78 is 5.38. The number of ether oxygens (including phenoxy) is 1. The van der Waals surface area contributed by atoms with E-state index in [1.165, 1.54) is 0 Å². The van der Waals surface area contributed by atoms with Gasteiger partial charge < -0.3 is 15.0 Å². The van der Waals surface area contributed by atoms with Gasteiger partial charge in [0.1, 0.15) is 5.75 Å². The fourth-order valence-corrected chi connectivity index (χ4v) is 2.14. The summed E-state index contributed by atoms with van der Waals surface area (Å²) in [4.78, 5) is 14.0. The maximum atomic E-state index is 12.0. The van der Waals surface area contributed by atoms with Gasteiger partial charge in [0, 0.05) is 18.3 Å². The molecule has 1 aliphatic carbocycles. The summed E-state index contributed by atoms with van der Waals surface area (Å²) in [7, 11) is 0. The number of hydrogen-bond acceptors (Lipinski definition) is 3. The molecule has 0 aromatic heterocycles. The Bertz CT molecular complexity index is 413. The third kappa shape index (κ3) is 3.88. The minimum absolute atomic E-state index is 0.180. The predicted octanol–water partition coefficient (Wildman–Crippen LogP) is 2.51. The van der Waals surface area contributed by atoms with E-state index in [4.69, 9.17) is 4.74 Å². The van der Waals surface area contributed by atoms with Crippen molar-refractivity contribution in [2.45, 2.75) is 32.7 Å². The standard InChI is InChI=1S/C15H22N2O2/c1-3-17(13-7-8-13)15(18)11-16-12-5-9-14(10-6-12)19-4-2/h5-6,9-10,13,16H,3-4,7-8,11H2,1-2H3. The zero-order chi connectivity index (χ0) is 13.7. The monoisotopic (exact) mass is 262 g/mol. The molecule has 19 heavy (non-hydrogen) atoms. The van der Waals surface area contributed by atoms with Gasteiger partial charge in [0.05, 0.1) is 13.2 Å². The summed E-state index contributed by atoms with van der Waals surface area (Å²) in [6, 6.07) is 8.18. The van der Waals surface area contributed by atoms with Gasteiger partial charge in [-0.15, -0.1) is 0 Å². The van der Waals surface area contributed by atoms with Crippen LogP contribution in [0.5, 0.6) is 5.75 Å². The second-order valence-electron chi connectivity index (χ2n) is 4.72. The van der Waals surface area contributed by atoms with E-state index < -0.39 is 0 Å². The van der Waals surface area contributed by atoms with Crippen LogP contribution in [0.4, 0.5) is 5.69 Å². The van der Waals surface area contributed by atoms with Gasteiger partial charge in [-0.2, -0.15) is 0 Å². The smallest absolute Gasteiger partial charge is 0.242 e. The number of nitrogens with zero attached hydrogens (tertiary/aromatic N) is 1. The number of hydrogen-bond donors (Lipinski definition) is 1. The number of benzene rings is 1. The van der Waals surface area contributed by atoms with E-state index in [2.05, 4.69) is 5.32 Å². The van der Waals surface area contributed by atoms with E-state index in [1.54, 1.807) is 0 Å². The van der Waals surface area contributed by atoms with Crippen LogP contribution in [0.25, 0.3) is 0 Å². The van der Waals surface area contributed by atoms with Gasteiger partial charge in [0.2, 0.25) is 5.91 Å². The zero-order valence-corrected chi connectivity index (χ0v) is 11.7.